The summed E-state index contributed by atoms with van der Waals surface area (Å²) in [5.41, 5.74) is 5.30. The topological polar surface area (TPSA) is 293 Å². The molecular formula is C19H28N5O15P3S. The van der Waals surface area contributed by atoms with Crippen molar-refractivity contribution in [1.29, 1.82) is 0 Å². The van der Waals surface area contributed by atoms with E-state index in [2.05, 4.69) is 53.0 Å². The number of nitrogen functional groups attached to an aromatic ring is 1. The molecular weight excluding hydrogens is 663 g/mol. The van der Waals surface area contributed by atoms with Crippen LogP contribution in [0, 0.1) is 12.0 Å². The van der Waals surface area contributed by atoms with E-state index in [1.54, 1.807) is 0 Å². The number of carbonyl (C=O) groups excluding carboxylic acids is 1. The number of H-pyrrole nitrogens is 1. The van der Waals surface area contributed by atoms with Crippen LogP contribution in [-0.4, -0.2) is 72.1 Å². The van der Waals surface area contributed by atoms with Crippen molar-refractivity contribution in [2.45, 2.75) is 38.0 Å². The number of amides is 1. The minimum Gasteiger partial charge on any atom is -0.449 e. The van der Waals surface area contributed by atoms with E-state index >= 15 is 0 Å². The number of hydrogen-bond acceptors (Lipinski definition) is 14. The summed E-state index contributed by atoms with van der Waals surface area (Å²) >= 11 is 3.91. The van der Waals surface area contributed by atoms with Gasteiger partial charge in [0.2, 0.25) is 5.95 Å². The average Bonchev–Trinajstić information content (AvgIpc) is 3.47. The number of phosphoric acid groups is 3. The third-order valence-corrected chi connectivity index (χ3v) is 9.29. The molecule has 4 atom stereocenters. The van der Waals surface area contributed by atoms with Crippen molar-refractivity contribution < 1.29 is 65.4 Å². The molecule has 24 heteroatoms. The maximum Gasteiger partial charge on any atom is 0.490 e. The van der Waals surface area contributed by atoms with E-state index < -0.39 is 54.1 Å². The molecule has 43 heavy (non-hydrogen) atoms. The zero-order valence-corrected chi connectivity index (χ0v) is 25.5. The van der Waals surface area contributed by atoms with Crippen LogP contribution in [0.2, 0.25) is 0 Å². The Morgan fingerprint density at radius 1 is 1.19 bits per heavy atom. The lowest BCUT2D eigenvalue weighted by Gasteiger charge is -2.19. The maximum absolute atomic E-state index is 12.7. The minimum atomic E-state index is -5.67. The Labute approximate surface area is 248 Å². The predicted octanol–water partition coefficient (Wildman–Crippen LogP) is 1.05. The van der Waals surface area contributed by atoms with Gasteiger partial charge in [-0.25, -0.2) is 23.8 Å². The molecule has 1 amide bonds. The fourth-order valence-corrected chi connectivity index (χ4v) is 6.88. The first-order valence-electron chi connectivity index (χ1n) is 12.1. The standard InChI is InChI=1S/C19H28N5O15P3S/c20-18-22-16-15(17(25)23-18)12(5-6-21-19(26)35-8-2-1-7-34-11-43)9-24(16)14-4-3-13(37-14)10-36-41(30,31)39-42(32,33)38-40(27,28)29/h9,13-14,43H,1-4,7-8,10-11H2,(H,21,26)(H,30,31)(H,32,33)(H2,27,28,29)(H3,20,22,23,25)/t13-,14-/m0/s1. The highest BCUT2D eigenvalue weighted by molar-refractivity contribution is 7.80. The van der Waals surface area contributed by atoms with E-state index in [9.17, 15) is 33.1 Å². The number of rotatable bonds is 14. The fourth-order valence-electron chi connectivity index (χ4n) is 3.70. The van der Waals surface area contributed by atoms with Gasteiger partial charge in [-0.15, -0.1) is 0 Å². The third-order valence-electron chi connectivity index (χ3n) is 5.30. The average molecular weight is 691 g/mol. The number of thiol groups is 1. The van der Waals surface area contributed by atoms with Crippen LogP contribution >= 0.6 is 36.1 Å². The van der Waals surface area contributed by atoms with Crippen LogP contribution < -0.4 is 16.6 Å². The zero-order valence-electron chi connectivity index (χ0n) is 21.9. The molecule has 0 aliphatic carbocycles. The molecule has 3 rings (SSSR count). The summed E-state index contributed by atoms with van der Waals surface area (Å²) in [6.07, 6.45) is 0.624. The molecule has 20 nitrogen and oxygen atoms in total. The number of aromatic amines is 1. The number of hydrogen-bond donors (Lipinski definition) is 8. The van der Waals surface area contributed by atoms with E-state index in [1.165, 1.54) is 10.8 Å². The lowest BCUT2D eigenvalue weighted by Crippen LogP contribution is -2.19. The van der Waals surface area contributed by atoms with Gasteiger partial charge in [0.1, 0.15) is 11.6 Å². The van der Waals surface area contributed by atoms with Crippen molar-refractivity contribution >= 4 is 59.2 Å². The Morgan fingerprint density at radius 2 is 1.91 bits per heavy atom. The number of aromatic nitrogens is 3. The highest BCUT2D eigenvalue weighted by atomic mass is 32.1. The number of alkyl carbamates (subject to hydrolysis) is 1. The molecule has 8 N–H and O–H groups in total. The number of nitrogens with zero attached hydrogens (tertiary/aromatic N) is 2. The molecule has 1 aliphatic heterocycles. The van der Waals surface area contributed by atoms with E-state index in [1.807, 2.05) is 0 Å². The molecule has 3 heterocycles. The first-order chi connectivity index (χ1) is 20.1. The van der Waals surface area contributed by atoms with Gasteiger partial charge in [0.25, 0.3) is 5.56 Å². The van der Waals surface area contributed by atoms with Gasteiger partial charge in [-0.3, -0.25) is 14.3 Å². The molecule has 240 valence electrons. The molecule has 0 spiro atoms. The van der Waals surface area contributed by atoms with Gasteiger partial charge in [-0.1, -0.05) is 0 Å². The Morgan fingerprint density at radius 3 is 2.60 bits per heavy atom. The summed E-state index contributed by atoms with van der Waals surface area (Å²) in [5.74, 6) is 2.72. The Bertz CT molecular complexity index is 1570. The Balaban J connectivity index is 1.66. The summed E-state index contributed by atoms with van der Waals surface area (Å²) in [7, 11) is -16.5. The number of carbonyl (C=O) groups is 1. The van der Waals surface area contributed by atoms with Crippen molar-refractivity contribution in [3.63, 3.8) is 0 Å². The van der Waals surface area contributed by atoms with Crippen LogP contribution in [0.25, 0.3) is 11.0 Å². The van der Waals surface area contributed by atoms with Gasteiger partial charge in [0, 0.05) is 18.8 Å². The first kappa shape index (κ1) is 35.2. The first-order valence-corrected chi connectivity index (χ1v) is 17.2. The number of nitrogens with one attached hydrogen (secondary N) is 2. The van der Waals surface area contributed by atoms with Gasteiger partial charge in [-0.2, -0.15) is 26.2 Å². The number of fused-ring (bicyclic) bond motifs is 1. The highest BCUT2D eigenvalue weighted by Crippen LogP contribution is 2.66. The van der Waals surface area contributed by atoms with Crippen LogP contribution in [0.3, 0.4) is 0 Å². The monoisotopic (exact) mass is 691 g/mol. The molecule has 0 radical (unpaired) electrons. The van der Waals surface area contributed by atoms with Gasteiger partial charge >= 0.3 is 29.6 Å². The quantitative estimate of drug-likeness (QED) is 0.0343. The number of ether oxygens (including phenoxy) is 3. The van der Waals surface area contributed by atoms with Gasteiger partial charge < -0.3 is 44.1 Å². The van der Waals surface area contributed by atoms with Crippen LogP contribution in [0.5, 0.6) is 0 Å². The molecule has 1 fully saturated rings. The molecule has 1 aliphatic rings. The second-order valence-electron chi connectivity index (χ2n) is 8.53. The smallest absolute Gasteiger partial charge is 0.449 e. The van der Waals surface area contributed by atoms with Gasteiger partial charge in [-0.05, 0) is 31.6 Å². The SMILES string of the molecule is Nc1nc2c(c(C#CNC(=O)OCCCCOCS)cn2[C@@H]2CC[C@@H](COP(=O)(O)OP(=O)(O)OP(=O)(O)O)O2)c(=O)[nH]1. The van der Waals surface area contributed by atoms with Crippen molar-refractivity contribution in [2.24, 2.45) is 0 Å². The molecule has 2 aromatic heterocycles. The number of unbranched alkanes of at least 4 members (excludes halogenated alkanes) is 1. The molecule has 1 saturated heterocycles. The molecule has 0 aromatic carbocycles. The van der Waals surface area contributed by atoms with Crippen molar-refractivity contribution in [3.8, 4) is 12.0 Å². The van der Waals surface area contributed by atoms with E-state index in [0.29, 0.717) is 25.4 Å². The van der Waals surface area contributed by atoms with E-state index in [0.717, 1.165) is 0 Å². The molecule has 2 aromatic rings. The van der Waals surface area contributed by atoms with Crippen molar-refractivity contribution in [1.82, 2.24) is 19.9 Å². The fraction of sp³-hybridized carbons (Fsp3) is 0.526. The zero-order chi connectivity index (χ0) is 31.8. The minimum absolute atomic E-state index is 0.0290. The van der Waals surface area contributed by atoms with Gasteiger partial charge in [0.05, 0.1) is 30.8 Å². The summed E-state index contributed by atoms with van der Waals surface area (Å²) in [6.45, 7) is -0.0466. The summed E-state index contributed by atoms with van der Waals surface area (Å²) in [5, 5.41) is 2.27. The van der Waals surface area contributed by atoms with Gasteiger partial charge in [0.15, 0.2) is 5.65 Å². The van der Waals surface area contributed by atoms with Crippen LogP contribution in [0.15, 0.2) is 11.0 Å². The van der Waals surface area contributed by atoms with Crippen molar-refractivity contribution in [2.75, 3.05) is 31.5 Å². The summed E-state index contributed by atoms with van der Waals surface area (Å²) in [6, 6.07) is 2.41. The second-order valence-corrected chi connectivity index (χ2v) is 13.2. The van der Waals surface area contributed by atoms with Crippen molar-refractivity contribution in [3.05, 3.63) is 22.1 Å². The summed E-state index contributed by atoms with van der Waals surface area (Å²) in [4.78, 5) is 67.2. The lowest BCUT2D eigenvalue weighted by atomic mass is 10.2. The van der Waals surface area contributed by atoms with E-state index in [4.69, 9.17) is 29.7 Å². The Hall–Kier alpha value is -2.27. The lowest BCUT2D eigenvalue weighted by molar-refractivity contribution is -0.0202. The third kappa shape index (κ3) is 11.3. The maximum atomic E-state index is 12.7. The molecule has 2 unspecified atom stereocenters. The van der Waals surface area contributed by atoms with E-state index in [-0.39, 0.29) is 42.0 Å². The number of phosphoric ester groups is 1. The van der Waals surface area contributed by atoms with Crippen LogP contribution in [0.4, 0.5) is 10.7 Å². The van der Waals surface area contributed by atoms with Crippen LogP contribution in [-0.2, 0) is 41.1 Å². The van der Waals surface area contributed by atoms with Crippen LogP contribution in [0.1, 0.15) is 37.5 Å². The highest BCUT2D eigenvalue weighted by Gasteiger charge is 2.41. The number of anilines is 1. The molecule has 0 saturated carbocycles. The largest absolute Gasteiger partial charge is 0.490 e. The predicted molar refractivity (Wildman–Crippen MR) is 148 cm³/mol. The summed E-state index contributed by atoms with van der Waals surface area (Å²) < 4.78 is 63.5. The second kappa shape index (κ2) is 15.1. The number of nitrogens with two attached hydrogens (primary N) is 1. The normalized spacial score (nSPS) is 19.7. The Kier molecular flexibility index (Phi) is 12.4. The molecule has 0 bridgehead atoms.